The topological polar surface area (TPSA) is 111 Å². The summed E-state index contributed by atoms with van der Waals surface area (Å²) >= 11 is 0. The number of carbonyl (C=O) groups is 2. The summed E-state index contributed by atoms with van der Waals surface area (Å²) in [6.45, 7) is 8.68. The van der Waals surface area contributed by atoms with Crippen molar-refractivity contribution in [3.8, 4) is 28.3 Å². The average molecular weight is 555 g/mol. The monoisotopic (exact) mass is 554 g/mol. The second kappa shape index (κ2) is 9.87. The van der Waals surface area contributed by atoms with E-state index in [9.17, 15) is 9.59 Å². The number of amides is 2. The Morgan fingerprint density at radius 3 is 2.63 bits per heavy atom. The summed E-state index contributed by atoms with van der Waals surface area (Å²) in [4.78, 5) is 37.2. The summed E-state index contributed by atoms with van der Waals surface area (Å²) in [5, 5.41) is 8.61. The number of hydrogen-bond acceptors (Lipinski definition) is 7. The van der Waals surface area contributed by atoms with Crippen LogP contribution in [0, 0.1) is 11.3 Å². The minimum atomic E-state index is -0.630. The molecule has 1 N–H and O–H groups in total. The Morgan fingerprint density at radius 1 is 1.12 bits per heavy atom. The van der Waals surface area contributed by atoms with Crippen molar-refractivity contribution in [1.29, 1.82) is 0 Å². The van der Waals surface area contributed by atoms with Gasteiger partial charge in [-0.15, -0.1) is 0 Å². The molecule has 6 rings (SSSR count). The minimum Gasteiger partial charge on any atom is -0.492 e. The van der Waals surface area contributed by atoms with Gasteiger partial charge in [-0.3, -0.25) is 9.48 Å². The number of ether oxygens (including phenoxy) is 2. The van der Waals surface area contributed by atoms with Gasteiger partial charge in [0.1, 0.15) is 23.4 Å². The molecule has 0 radical (unpaired) electrons. The number of benzene rings is 2. The normalized spacial score (nSPS) is 19.6. The molecule has 3 heterocycles. The van der Waals surface area contributed by atoms with E-state index in [1.807, 2.05) is 83.4 Å². The van der Waals surface area contributed by atoms with E-state index in [0.29, 0.717) is 42.3 Å². The van der Waals surface area contributed by atoms with Crippen molar-refractivity contribution in [1.82, 2.24) is 24.6 Å². The molecule has 1 aliphatic carbocycles. The lowest BCUT2D eigenvalue weighted by Gasteiger charge is -2.26. The molecule has 1 aliphatic heterocycles. The zero-order valence-electron chi connectivity index (χ0n) is 24.0. The number of piperidine rings is 1. The van der Waals surface area contributed by atoms with Gasteiger partial charge in [-0.05, 0) is 46.1 Å². The van der Waals surface area contributed by atoms with Gasteiger partial charge in [-0.2, -0.15) is 5.10 Å². The maximum absolute atomic E-state index is 13.7. The molecule has 0 bridgehead atoms. The van der Waals surface area contributed by atoms with Crippen molar-refractivity contribution < 1.29 is 19.1 Å². The summed E-state index contributed by atoms with van der Waals surface area (Å²) < 4.78 is 13.3. The van der Waals surface area contributed by atoms with Gasteiger partial charge >= 0.3 is 6.09 Å². The first-order valence-corrected chi connectivity index (χ1v) is 13.9. The molecular formula is C31H34N6O4. The van der Waals surface area contributed by atoms with Crippen molar-refractivity contribution in [2.24, 2.45) is 18.4 Å². The first-order valence-electron chi connectivity index (χ1n) is 13.9. The maximum atomic E-state index is 13.7. The fraction of sp³-hybridized carbons (Fsp3) is 0.387. The number of aromatic nitrogens is 4. The second-order valence-corrected chi connectivity index (χ2v) is 11.8. The highest BCUT2D eigenvalue weighted by atomic mass is 16.6. The minimum absolute atomic E-state index is 0.105. The van der Waals surface area contributed by atoms with Gasteiger partial charge in [-0.1, -0.05) is 30.3 Å². The van der Waals surface area contributed by atoms with Crippen molar-refractivity contribution in [2.75, 3.05) is 25.0 Å². The predicted octanol–water partition coefficient (Wildman–Crippen LogP) is 5.29. The summed E-state index contributed by atoms with van der Waals surface area (Å²) in [6.07, 6.45) is 3.83. The number of anilines is 1. The van der Waals surface area contributed by atoms with Gasteiger partial charge in [0.25, 0.3) is 0 Å². The first-order chi connectivity index (χ1) is 19.6. The van der Waals surface area contributed by atoms with E-state index in [2.05, 4.69) is 15.3 Å². The van der Waals surface area contributed by atoms with Crippen LogP contribution in [-0.2, 0) is 16.6 Å². The molecule has 2 aromatic carbocycles. The second-order valence-electron chi connectivity index (χ2n) is 11.8. The third-order valence-electron chi connectivity index (χ3n) is 7.67. The Kier molecular flexibility index (Phi) is 6.43. The molecule has 1 saturated heterocycles. The van der Waals surface area contributed by atoms with E-state index >= 15 is 0 Å². The Balaban J connectivity index is 1.34. The molecule has 1 saturated carbocycles. The zero-order valence-corrected chi connectivity index (χ0v) is 24.0. The smallest absolute Gasteiger partial charge is 0.410 e. The number of nitrogens with zero attached hydrogens (tertiary/aromatic N) is 5. The lowest BCUT2D eigenvalue weighted by atomic mass is 10.0. The highest BCUT2D eigenvalue weighted by Gasteiger charge is 2.66. The molecule has 41 heavy (non-hydrogen) atoms. The van der Waals surface area contributed by atoms with Gasteiger partial charge in [0.05, 0.1) is 28.9 Å². The third-order valence-corrected chi connectivity index (χ3v) is 7.67. The molecule has 212 valence electrons. The van der Waals surface area contributed by atoms with Gasteiger partial charge in [0, 0.05) is 48.9 Å². The summed E-state index contributed by atoms with van der Waals surface area (Å²) in [5.41, 5.74) is 3.36. The Hall–Kier alpha value is -4.47. The number of aryl methyl sites for hydroxylation is 1. The fourth-order valence-electron chi connectivity index (χ4n) is 5.69. The average Bonchev–Trinajstić information content (AvgIpc) is 3.28. The van der Waals surface area contributed by atoms with Crippen LogP contribution in [0.2, 0.25) is 0 Å². The number of carbonyl (C=O) groups excluding carboxylic acids is 2. The highest BCUT2D eigenvalue weighted by molar-refractivity contribution is 6.04. The van der Waals surface area contributed by atoms with Crippen LogP contribution in [0.4, 0.5) is 10.5 Å². The summed E-state index contributed by atoms with van der Waals surface area (Å²) in [7, 11) is 1.88. The molecule has 2 aromatic heterocycles. The molecule has 2 fully saturated rings. The highest BCUT2D eigenvalue weighted by Crippen LogP contribution is 2.58. The number of hydrogen-bond donors (Lipinski definition) is 1. The lowest BCUT2D eigenvalue weighted by molar-refractivity contribution is -0.121. The van der Waals surface area contributed by atoms with Crippen molar-refractivity contribution >= 4 is 28.6 Å². The SMILES string of the molecule is CCOc1cc2ncnc(-c3cn(C)nc3-c3ccccc3)c2cc1NC(=O)C12CC1CN(C(=O)OC(C)(C)C)C2. The largest absolute Gasteiger partial charge is 0.492 e. The van der Waals surface area contributed by atoms with E-state index < -0.39 is 11.0 Å². The standard InChI is InChI=1S/C31H34N6O4/c1-6-40-25-13-23-21(27(33-18-32-23)22-16-36(5)35-26(22)19-10-8-7-9-11-19)12-24(25)34-28(38)31-14-20(31)15-37(17-31)29(39)41-30(2,3)4/h7-13,16,18,20H,6,14-15,17H2,1-5H3,(H,34,38). The maximum Gasteiger partial charge on any atom is 0.410 e. The van der Waals surface area contributed by atoms with E-state index in [0.717, 1.165) is 28.6 Å². The quantitative estimate of drug-likeness (QED) is 0.345. The van der Waals surface area contributed by atoms with Gasteiger partial charge in [-0.25, -0.2) is 14.8 Å². The molecular weight excluding hydrogens is 520 g/mol. The first kappa shape index (κ1) is 26.7. The molecule has 2 atom stereocenters. The lowest BCUT2D eigenvalue weighted by Crippen LogP contribution is -2.39. The van der Waals surface area contributed by atoms with Crippen LogP contribution in [0.3, 0.4) is 0 Å². The molecule has 2 amide bonds. The van der Waals surface area contributed by atoms with Gasteiger partial charge in [0.2, 0.25) is 5.91 Å². The Morgan fingerprint density at radius 2 is 1.90 bits per heavy atom. The molecule has 2 unspecified atom stereocenters. The summed E-state index contributed by atoms with van der Waals surface area (Å²) in [5.74, 6) is 0.510. The van der Waals surface area contributed by atoms with Crippen LogP contribution in [0.15, 0.2) is 55.0 Å². The Labute approximate surface area is 238 Å². The Bertz CT molecular complexity index is 1640. The zero-order chi connectivity index (χ0) is 28.9. The van der Waals surface area contributed by atoms with Crippen molar-refractivity contribution in [3.63, 3.8) is 0 Å². The molecule has 0 spiro atoms. The van der Waals surface area contributed by atoms with E-state index in [1.54, 1.807) is 9.58 Å². The van der Waals surface area contributed by atoms with Crippen LogP contribution in [0.25, 0.3) is 33.4 Å². The predicted molar refractivity (Wildman–Crippen MR) is 155 cm³/mol. The number of rotatable bonds is 6. The van der Waals surface area contributed by atoms with Gasteiger partial charge < -0.3 is 19.7 Å². The van der Waals surface area contributed by atoms with Crippen LogP contribution in [-0.4, -0.2) is 61.9 Å². The van der Waals surface area contributed by atoms with E-state index in [-0.39, 0.29) is 17.9 Å². The van der Waals surface area contributed by atoms with Crippen LogP contribution in [0.1, 0.15) is 34.1 Å². The van der Waals surface area contributed by atoms with Crippen LogP contribution >= 0.6 is 0 Å². The molecule has 4 aromatic rings. The summed E-state index contributed by atoms with van der Waals surface area (Å²) in [6, 6.07) is 13.7. The molecule has 10 nitrogen and oxygen atoms in total. The van der Waals surface area contributed by atoms with Crippen molar-refractivity contribution in [2.45, 2.75) is 39.7 Å². The van der Waals surface area contributed by atoms with E-state index in [4.69, 9.17) is 14.6 Å². The third kappa shape index (κ3) is 4.98. The number of nitrogens with one attached hydrogen (secondary N) is 1. The van der Waals surface area contributed by atoms with Crippen molar-refractivity contribution in [3.05, 3.63) is 55.0 Å². The van der Waals surface area contributed by atoms with E-state index in [1.165, 1.54) is 6.33 Å². The number of likely N-dealkylation sites (tertiary alicyclic amines) is 1. The van der Waals surface area contributed by atoms with Crippen LogP contribution < -0.4 is 10.1 Å². The number of fused-ring (bicyclic) bond motifs is 2. The molecule has 10 heteroatoms. The molecule has 2 aliphatic rings. The van der Waals surface area contributed by atoms with Crippen LogP contribution in [0.5, 0.6) is 5.75 Å². The van der Waals surface area contributed by atoms with Gasteiger partial charge in [0.15, 0.2) is 0 Å². The fourth-order valence-corrected chi connectivity index (χ4v) is 5.69.